The first kappa shape index (κ1) is 8.74. The maximum absolute atomic E-state index is 10.7. The summed E-state index contributed by atoms with van der Waals surface area (Å²) in [5, 5.41) is 5.27. The molecule has 0 saturated carbocycles. The third-order valence-corrected chi connectivity index (χ3v) is 2.06. The van der Waals surface area contributed by atoms with Crippen molar-refractivity contribution in [2.75, 3.05) is 0 Å². The number of hydrogen-bond donors (Lipinski definition) is 1. The lowest BCUT2D eigenvalue weighted by Crippen LogP contribution is -2.13. The number of primary amides is 1. The Kier molecular flexibility index (Phi) is 1.96. The molecule has 1 aromatic carbocycles. The number of carbonyl (C=O) groups excluding carboxylic acids is 1. The zero-order valence-corrected chi connectivity index (χ0v) is 7.90. The molecule has 2 rings (SSSR count). The highest BCUT2D eigenvalue weighted by Crippen LogP contribution is 2.14. The van der Waals surface area contributed by atoms with E-state index < -0.39 is 0 Å². The maximum Gasteiger partial charge on any atom is 0.221 e. The summed E-state index contributed by atoms with van der Waals surface area (Å²) >= 11 is 0. The molecule has 0 bridgehead atoms. The van der Waals surface area contributed by atoms with Gasteiger partial charge in [0.05, 0.1) is 11.9 Å². The zero-order chi connectivity index (χ0) is 10.1. The Morgan fingerprint density at radius 3 is 3.07 bits per heavy atom. The van der Waals surface area contributed by atoms with E-state index in [1.807, 2.05) is 31.4 Å². The van der Waals surface area contributed by atoms with Gasteiger partial charge in [0.2, 0.25) is 5.91 Å². The third kappa shape index (κ3) is 1.59. The molecule has 0 unspecified atom stereocenters. The standard InChI is InChI=1S/C10H11N3O/c1-13-6-8-4-7(5-10(11)14)2-3-9(8)12-13/h2-4,6H,5H2,1H3,(H2,11,14). The van der Waals surface area contributed by atoms with E-state index in [1.165, 1.54) is 0 Å². The number of nitrogens with two attached hydrogens (primary N) is 1. The van der Waals surface area contributed by atoms with E-state index in [2.05, 4.69) is 5.10 Å². The highest BCUT2D eigenvalue weighted by atomic mass is 16.1. The molecule has 1 aromatic heterocycles. The van der Waals surface area contributed by atoms with Gasteiger partial charge in [0.25, 0.3) is 0 Å². The van der Waals surface area contributed by atoms with Crippen LogP contribution in [0.2, 0.25) is 0 Å². The number of amides is 1. The highest BCUT2D eigenvalue weighted by molar-refractivity contribution is 5.82. The van der Waals surface area contributed by atoms with E-state index in [-0.39, 0.29) is 12.3 Å². The summed E-state index contributed by atoms with van der Waals surface area (Å²) in [6.07, 6.45) is 2.20. The molecule has 0 atom stereocenters. The average Bonchev–Trinajstić information content (AvgIpc) is 2.42. The average molecular weight is 189 g/mol. The van der Waals surface area contributed by atoms with Crippen LogP contribution in [0.25, 0.3) is 10.9 Å². The van der Waals surface area contributed by atoms with Crippen molar-refractivity contribution < 1.29 is 4.79 Å². The minimum Gasteiger partial charge on any atom is -0.369 e. The van der Waals surface area contributed by atoms with E-state index in [0.29, 0.717) is 0 Å². The molecule has 0 saturated heterocycles. The maximum atomic E-state index is 10.7. The van der Waals surface area contributed by atoms with Crippen molar-refractivity contribution in [3.8, 4) is 0 Å². The van der Waals surface area contributed by atoms with Crippen LogP contribution in [0.15, 0.2) is 24.4 Å². The fourth-order valence-corrected chi connectivity index (χ4v) is 1.51. The molecule has 72 valence electrons. The van der Waals surface area contributed by atoms with Gasteiger partial charge in [0, 0.05) is 18.6 Å². The Labute approximate surface area is 81.3 Å². The molecule has 0 radical (unpaired) electrons. The number of nitrogens with zero attached hydrogens (tertiary/aromatic N) is 2. The lowest BCUT2D eigenvalue weighted by atomic mass is 10.1. The molecular weight excluding hydrogens is 178 g/mol. The molecule has 4 heteroatoms. The van der Waals surface area contributed by atoms with Crippen LogP contribution in [0.5, 0.6) is 0 Å². The summed E-state index contributed by atoms with van der Waals surface area (Å²) in [6, 6.07) is 5.71. The van der Waals surface area contributed by atoms with Gasteiger partial charge in [-0.15, -0.1) is 0 Å². The monoisotopic (exact) mass is 189 g/mol. The molecule has 0 spiro atoms. The van der Waals surface area contributed by atoms with Crippen molar-refractivity contribution in [1.82, 2.24) is 9.78 Å². The first-order chi connectivity index (χ1) is 6.65. The van der Waals surface area contributed by atoms with Crippen LogP contribution in [-0.2, 0) is 18.3 Å². The van der Waals surface area contributed by atoms with Gasteiger partial charge in [-0.3, -0.25) is 9.48 Å². The number of hydrogen-bond acceptors (Lipinski definition) is 2. The van der Waals surface area contributed by atoms with Crippen molar-refractivity contribution in [3.63, 3.8) is 0 Å². The van der Waals surface area contributed by atoms with Gasteiger partial charge in [-0.2, -0.15) is 5.10 Å². The number of benzene rings is 1. The minimum atomic E-state index is -0.312. The van der Waals surface area contributed by atoms with Crippen LogP contribution in [0.1, 0.15) is 5.56 Å². The van der Waals surface area contributed by atoms with Crippen LogP contribution in [0.3, 0.4) is 0 Å². The van der Waals surface area contributed by atoms with Gasteiger partial charge in [-0.25, -0.2) is 0 Å². The molecule has 4 nitrogen and oxygen atoms in total. The van der Waals surface area contributed by atoms with Crippen molar-refractivity contribution in [3.05, 3.63) is 30.0 Å². The molecule has 1 heterocycles. The summed E-state index contributed by atoms with van der Waals surface area (Å²) < 4.78 is 1.75. The summed E-state index contributed by atoms with van der Waals surface area (Å²) in [4.78, 5) is 10.7. The number of fused-ring (bicyclic) bond motifs is 1. The Morgan fingerprint density at radius 2 is 2.36 bits per heavy atom. The molecule has 0 aliphatic heterocycles. The van der Waals surface area contributed by atoms with Crippen LogP contribution >= 0.6 is 0 Å². The van der Waals surface area contributed by atoms with Gasteiger partial charge in [-0.1, -0.05) is 6.07 Å². The van der Waals surface area contributed by atoms with Gasteiger partial charge in [-0.05, 0) is 17.7 Å². The molecule has 0 fully saturated rings. The van der Waals surface area contributed by atoms with Gasteiger partial charge in [0.1, 0.15) is 0 Å². The number of aromatic nitrogens is 2. The Bertz CT molecular complexity index is 487. The predicted octanol–water partition coefficient (Wildman–Crippen LogP) is 0.601. The van der Waals surface area contributed by atoms with E-state index in [0.717, 1.165) is 16.5 Å². The summed E-state index contributed by atoms with van der Waals surface area (Å²) in [5.41, 5.74) is 6.97. The Balaban J connectivity index is 2.45. The second-order valence-corrected chi connectivity index (χ2v) is 3.34. The Hall–Kier alpha value is -1.84. The normalized spacial score (nSPS) is 10.6. The number of aryl methyl sites for hydroxylation is 1. The molecular formula is C10H11N3O. The zero-order valence-electron chi connectivity index (χ0n) is 7.90. The SMILES string of the molecule is Cn1cc2cc(CC(N)=O)ccc2n1. The first-order valence-electron chi connectivity index (χ1n) is 4.36. The molecule has 0 aliphatic carbocycles. The fourth-order valence-electron chi connectivity index (χ4n) is 1.51. The van der Waals surface area contributed by atoms with Crippen molar-refractivity contribution in [2.24, 2.45) is 12.8 Å². The quantitative estimate of drug-likeness (QED) is 0.752. The van der Waals surface area contributed by atoms with Gasteiger partial charge >= 0.3 is 0 Å². The molecule has 14 heavy (non-hydrogen) atoms. The van der Waals surface area contributed by atoms with Crippen LogP contribution < -0.4 is 5.73 Å². The topological polar surface area (TPSA) is 60.9 Å². The summed E-state index contributed by atoms with van der Waals surface area (Å²) in [7, 11) is 1.87. The van der Waals surface area contributed by atoms with Crippen molar-refractivity contribution in [2.45, 2.75) is 6.42 Å². The summed E-state index contributed by atoms with van der Waals surface area (Å²) in [6.45, 7) is 0. The van der Waals surface area contributed by atoms with E-state index in [4.69, 9.17) is 5.73 Å². The molecule has 0 aliphatic rings. The van der Waals surface area contributed by atoms with Gasteiger partial charge in [0.15, 0.2) is 0 Å². The minimum absolute atomic E-state index is 0.283. The second-order valence-electron chi connectivity index (χ2n) is 3.34. The smallest absolute Gasteiger partial charge is 0.221 e. The molecule has 2 aromatic rings. The lowest BCUT2D eigenvalue weighted by Gasteiger charge is -1.96. The van der Waals surface area contributed by atoms with E-state index >= 15 is 0 Å². The van der Waals surface area contributed by atoms with Crippen LogP contribution in [0, 0.1) is 0 Å². The highest BCUT2D eigenvalue weighted by Gasteiger charge is 2.02. The number of carbonyl (C=O) groups is 1. The fraction of sp³-hybridized carbons (Fsp3) is 0.200. The van der Waals surface area contributed by atoms with Crippen molar-refractivity contribution in [1.29, 1.82) is 0 Å². The summed E-state index contributed by atoms with van der Waals surface area (Å²) in [5.74, 6) is -0.312. The molecule has 1 amide bonds. The van der Waals surface area contributed by atoms with Crippen molar-refractivity contribution >= 4 is 16.8 Å². The van der Waals surface area contributed by atoms with Crippen LogP contribution in [-0.4, -0.2) is 15.7 Å². The number of rotatable bonds is 2. The largest absolute Gasteiger partial charge is 0.369 e. The Morgan fingerprint density at radius 1 is 1.57 bits per heavy atom. The first-order valence-corrected chi connectivity index (χ1v) is 4.36. The van der Waals surface area contributed by atoms with E-state index in [9.17, 15) is 4.79 Å². The predicted molar refractivity (Wildman–Crippen MR) is 53.6 cm³/mol. The van der Waals surface area contributed by atoms with Gasteiger partial charge < -0.3 is 5.73 Å². The second kappa shape index (κ2) is 3.14. The molecule has 2 N–H and O–H groups in total. The van der Waals surface area contributed by atoms with E-state index in [1.54, 1.807) is 4.68 Å². The lowest BCUT2D eigenvalue weighted by molar-refractivity contribution is -0.117. The third-order valence-electron chi connectivity index (χ3n) is 2.06. The van der Waals surface area contributed by atoms with Crippen LogP contribution in [0.4, 0.5) is 0 Å².